The molecule has 0 spiro atoms. The lowest BCUT2D eigenvalue weighted by Crippen LogP contribution is -2.50. The molecular weight excluding hydrogens is 390 g/mol. The third-order valence-electron chi connectivity index (χ3n) is 6.08. The van der Waals surface area contributed by atoms with Crippen molar-refractivity contribution in [2.24, 2.45) is 7.05 Å². The number of carbonyl (C=O) groups excluding carboxylic acids is 1. The van der Waals surface area contributed by atoms with Gasteiger partial charge >= 0.3 is 0 Å². The molecular formula is C25H25N3OS. The average Bonchev–Trinajstić information content (AvgIpc) is 3.38. The van der Waals surface area contributed by atoms with Crippen molar-refractivity contribution in [3.63, 3.8) is 0 Å². The Labute approximate surface area is 181 Å². The predicted octanol–water partition coefficient (Wildman–Crippen LogP) is 4.79. The number of amides is 1. The molecule has 0 N–H and O–H groups in total. The Hall–Kier alpha value is -2.89. The van der Waals surface area contributed by atoms with Crippen molar-refractivity contribution >= 4 is 27.5 Å². The second-order valence-electron chi connectivity index (χ2n) is 7.81. The van der Waals surface area contributed by atoms with Gasteiger partial charge < -0.3 is 9.47 Å². The normalized spacial score (nSPS) is 15.2. The highest BCUT2D eigenvalue weighted by Gasteiger charge is 2.29. The van der Waals surface area contributed by atoms with Crippen LogP contribution in [0.2, 0.25) is 0 Å². The number of nitrogens with zero attached hydrogens (tertiary/aromatic N) is 3. The van der Waals surface area contributed by atoms with E-state index in [-0.39, 0.29) is 11.9 Å². The molecule has 0 atom stereocenters. The van der Waals surface area contributed by atoms with E-state index in [0.29, 0.717) is 0 Å². The highest BCUT2D eigenvalue weighted by Crippen LogP contribution is 2.30. The summed E-state index contributed by atoms with van der Waals surface area (Å²) in [5.41, 5.74) is 4.51. The molecule has 0 bridgehead atoms. The molecule has 1 aliphatic rings. The van der Waals surface area contributed by atoms with E-state index < -0.39 is 0 Å². The summed E-state index contributed by atoms with van der Waals surface area (Å²) in [6.45, 7) is 3.21. The van der Waals surface area contributed by atoms with Gasteiger partial charge in [-0.15, -0.1) is 11.3 Å². The Kier molecular flexibility index (Phi) is 5.15. The summed E-state index contributed by atoms with van der Waals surface area (Å²) in [6, 6.07) is 25.7. The van der Waals surface area contributed by atoms with Gasteiger partial charge in [0, 0.05) is 33.2 Å². The van der Waals surface area contributed by atoms with Crippen molar-refractivity contribution in [1.29, 1.82) is 0 Å². The number of hydrogen-bond donors (Lipinski definition) is 0. The van der Waals surface area contributed by atoms with Gasteiger partial charge in [0.15, 0.2) is 0 Å². The molecule has 0 saturated carbocycles. The first-order chi connectivity index (χ1) is 14.7. The van der Waals surface area contributed by atoms with Crippen molar-refractivity contribution in [2.75, 3.05) is 26.2 Å². The zero-order chi connectivity index (χ0) is 20.5. The molecule has 0 radical (unpaired) electrons. The third-order valence-corrected chi connectivity index (χ3v) is 6.93. The lowest BCUT2D eigenvalue weighted by Gasteiger charge is -2.39. The van der Waals surface area contributed by atoms with E-state index in [2.05, 4.69) is 77.0 Å². The number of thiophene rings is 1. The molecule has 0 aliphatic carbocycles. The second-order valence-corrected chi connectivity index (χ2v) is 8.76. The lowest BCUT2D eigenvalue weighted by molar-refractivity contribution is 0.0589. The van der Waals surface area contributed by atoms with Crippen LogP contribution in [0.1, 0.15) is 27.7 Å². The van der Waals surface area contributed by atoms with Crippen LogP contribution in [0.3, 0.4) is 0 Å². The molecule has 5 heteroatoms. The number of aromatic nitrogens is 1. The van der Waals surface area contributed by atoms with Crippen molar-refractivity contribution in [3.05, 3.63) is 95.0 Å². The van der Waals surface area contributed by atoms with Gasteiger partial charge in [-0.25, -0.2) is 0 Å². The first-order valence-electron chi connectivity index (χ1n) is 10.4. The summed E-state index contributed by atoms with van der Waals surface area (Å²) in [4.78, 5) is 17.7. The Bertz CT molecular complexity index is 1100. The fraction of sp³-hybridized carbons (Fsp3) is 0.240. The molecule has 4 aromatic rings. The molecule has 1 saturated heterocycles. The van der Waals surface area contributed by atoms with Gasteiger partial charge in [-0.05, 0) is 28.6 Å². The summed E-state index contributed by atoms with van der Waals surface area (Å²) < 4.78 is 3.20. The molecule has 2 aromatic carbocycles. The maximum absolute atomic E-state index is 13.2. The first-order valence-corrected chi connectivity index (χ1v) is 11.3. The maximum atomic E-state index is 13.2. The number of benzene rings is 2. The largest absolute Gasteiger partial charge is 0.339 e. The van der Waals surface area contributed by atoms with Crippen LogP contribution in [0.15, 0.2) is 78.2 Å². The van der Waals surface area contributed by atoms with Gasteiger partial charge in [0.05, 0.1) is 16.3 Å². The highest BCUT2D eigenvalue weighted by atomic mass is 32.1. The predicted molar refractivity (Wildman–Crippen MR) is 123 cm³/mol. The quantitative estimate of drug-likeness (QED) is 0.480. The Morgan fingerprint density at radius 1 is 0.867 bits per heavy atom. The molecule has 1 aliphatic heterocycles. The van der Waals surface area contributed by atoms with Crippen molar-refractivity contribution in [2.45, 2.75) is 6.04 Å². The summed E-state index contributed by atoms with van der Waals surface area (Å²) in [7, 11) is 1.99. The second kappa shape index (κ2) is 8.09. The number of hydrogen-bond acceptors (Lipinski definition) is 3. The number of rotatable bonds is 4. The van der Waals surface area contributed by atoms with Crippen molar-refractivity contribution in [3.8, 4) is 0 Å². The van der Waals surface area contributed by atoms with E-state index in [1.807, 2.05) is 22.6 Å². The van der Waals surface area contributed by atoms with E-state index >= 15 is 0 Å². The van der Waals surface area contributed by atoms with Crippen LogP contribution in [-0.4, -0.2) is 46.5 Å². The lowest BCUT2D eigenvalue weighted by atomic mass is 9.96. The molecule has 3 heterocycles. The fourth-order valence-corrected chi connectivity index (χ4v) is 5.33. The first kappa shape index (κ1) is 19.1. The minimum atomic E-state index is 0.136. The van der Waals surface area contributed by atoms with Gasteiger partial charge in [-0.2, -0.15) is 0 Å². The monoisotopic (exact) mass is 415 g/mol. The Morgan fingerprint density at radius 2 is 1.47 bits per heavy atom. The molecule has 2 aromatic heterocycles. The molecule has 1 amide bonds. The van der Waals surface area contributed by atoms with E-state index in [1.165, 1.54) is 15.8 Å². The molecule has 0 unspecified atom stereocenters. The van der Waals surface area contributed by atoms with Crippen molar-refractivity contribution in [1.82, 2.24) is 14.4 Å². The molecule has 152 valence electrons. The molecule has 1 fully saturated rings. The van der Waals surface area contributed by atoms with E-state index in [4.69, 9.17) is 0 Å². The van der Waals surface area contributed by atoms with Gasteiger partial charge in [0.2, 0.25) is 0 Å². The van der Waals surface area contributed by atoms with Crippen molar-refractivity contribution < 1.29 is 4.79 Å². The summed E-state index contributed by atoms with van der Waals surface area (Å²) in [6.07, 6.45) is 0. The van der Waals surface area contributed by atoms with Crippen LogP contribution in [0, 0.1) is 0 Å². The number of carbonyl (C=O) groups is 1. The average molecular weight is 416 g/mol. The van der Waals surface area contributed by atoms with Gasteiger partial charge in [-0.3, -0.25) is 9.69 Å². The standard InChI is InChI=1S/C25H25N3OS/c1-26-21-12-17-30-23(21)18-22(26)25(29)28-15-13-27(14-16-28)24(19-8-4-2-5-9-19)20-10-6-3-7-11-20/h2-12,17-18,24H,13-16H2,1H3. The minimum absolute atomic E-state index is 0.136. The van der Waals surface area contributed by atoms with Crippen LogP contribution in [0.25, 0.3) is 10.2 Å². The van der Waals surface area contributed by atoms with Crippen LogP contribution in [0.4, 0.5) is 0 Å². The Morgan fingerprint density at radius 3 is 2.03 bits per heavy atom. The number of aryl methyl sites for hydroxylation is 1. The van der Waals surface area contributed by atoms with Gasteiger partial charge in [-0.1, -0.05) is 60.7 Å². The molecule has 4 nitrogen and oxygen atoms in total. The SMILES string of the molecule is Cn1c(C(=O)N2CCN(C(c3ccccc3)c3ccccc3)CC2)cc2sccc21. The van der Waals surface area contributed by atoms with Crippen LogP contribution < -0.4 is 0 Å². The van der Waals surface area contributed by atoms with E-state index in [9.17, 15) is 4.79 Å². The number of fused-ring (bicyclic) bond motifs is 1. The third kappa shape index (κ3) is 3.44. The Balaban J connectivity index is 1.35. The molecule has 30 heavy (non-hydrogen) atoms. The van der Waals surface area contributed by atoms with Gasteiger partial charge in [0.25, 0.3) is 5.91 Å². The zero-order valence-electron chi connectivity index (χ0n) is 17.1. The summed E-state index contributed by atoms with van der Waals surface area (Å²) in [5.74, 6) is 0.136. The smallest absolute Gasteiger partial charge is 0.270 e. The van der Waals surface area contributed by atoms with E-state index in [0.717, 1.165) is 37.4 Å². The summed E-state index contributed by atoms with van der Waals surface area (Å²) in [5, 5.41) is 2.07. The van der Waals surface area contributed by atoms with Crippen LogP contribution in [-0.2, 0) is 7.05 Å². The van der Waals surface area contributed by atoms with Gasteiger partial charge in [0.1, 0.15) is 5.69 Å². The minimum Gasteiger partial charge on any atom is -0.339 e. The van der Waals surface area contributed by atoms with Crippen LogP contribution >= 0.6 is 11.3 Å². The highest BCUT2D eigenvalue weighted by molar-refractivity contribution is 7.17. The van der Waals surface area contributed by atoms with E-state index in [1.54, 1.807) is 11.3 Å². The van der Waals surface area contributed by atoms with Crippen LogP contribution in [0.5, 0.6) is 0 Å². The molecule has 5 rings (SSSR count). The number of piperazine rings is 1. The zero-order valence-corrected chi connectivity index (χ0v) is 17.9. The topological polar surface area (TPSA) is 28.5 Å². The fourth-order valence-electron chi connectivity index (χ4n) is 4.49. The maximum Gasteiger partial charge on any atom is 0.270 e. The summed E-state index contributed by atoms with van der Waals surface area (Å²) >= 11 is 1.69.